The van der Waals surface area contributed by atoms with E-state index >= 15 is 0 Å². The molecule has 2 aromatic carbocycles. The molecule has 0 saturated heterocycles. The Morgan fingerprint density at radius 2 is 1.55 bits per heavy atom. The first-order chi connectivity index (χ1) is 18.8. The van der Waals surface area contributed by atoms with Crippen LogP contribution in [-0.2, 0) is 25.4 Å². The molecule has 208 valence electrons. The van der Waals surface area contributed by atoms with Gasteiger partial charge in [-0.2, -0.15) is 26.3 Å². The minimum absolute atomic E-state index is 0.0200. The fourth-order valence-corrected chi connectivity index (χ4v) is 5.12. The van der Waals surface area contributed by atoms with Crippen LogP contribution in [0.4, 0.5) is 26.3 Å². The van der Waals surface area contributed by atoms with Crippen LogP contribution >= 0.6 is 0 Å². The molecule has 5 rings (SSSR count). The van der Waals surface area contributed by atoms with Gasteiger partial charge in [0.15, 0.2) is 0 Å². The van der Waals surface area contributed by atoms with Gasteiger partial charge in [0, 0.05) is 36.8 Å². The number of fused-ring (bicyclic) bond motifs is 2. The molecule has 0 saturated carbocycles. The molecule has 0 aliphatic carbocycles. The maximum Gasteiger partial charge on any atom is 0.416 e. The van der Waals surface area contributed by atoms with Crippen molar-refractivity contribution < 1.29 is 31.1 Å². The predicted octanol–water partition coefficient (Wildman–Crippen LogP) is 6.78. The van der Waals surface area contributed by atoms with E-state index in [0.717, 1.165) is 0 Å². The normalized spacial score (nSPS) is 16.5. The lowest BCUT2D eigenvalue weighted by Gasteiger charge is -2.32. The van der Waals surface area contributed by atoms with Gasteiger partial charge >= 0.3 is 12.4 Å². The average Bonchev–Trinajstić information content (AvgIpc) is 2.90. The summed E-state index contributed by atoms with van der Waals surface area (Å²) in [5.41, 5.74) is -2.51. The molecule has 1 aliphatic heterocycles. The summed E-state index contributed by atoms with van der Waals surface area (Å²) in [4.78, 5) is 33.2. The molecular formula is C29H23F6N3O2. The molecular weight excluding hydrogens is 536 g/mol. The zero-order valence-electron chi connectivity index (χ0n) is 21.2. The SMILES string of the molecule is C[C@H]1CCn2c(c(-c3ccccc3)c3cccnc3c2=O)C(=O)N(Cc2cc(C(F)(F)F)cc(C(F)(F)F)c2)C1. The van der Waals surface area contributed by atoms with Gasteiger partial charge in [0.05, 0.1) is 11.1 Å². The Hall–Kier alpha value is -4.15. The van der Waals surface area contributed by atoms with E-state index in [1.54, 1.807) is 49.4 Å². The number of hydrogen-bond acceptors (Lipinski definition) is 3. The maximum absolute atomic E-state index is 14.2. The first kappa shape index (κ1) is 27.4. The van der Waals surface area contributed by atoms with Crippen molar-refractivity contribution in [3.63, 3.8) is 0 Å². The zero-order valence-corrected chi connectivity index (χ0v) is 21.2. The molecule has 0 spiro atoms. The third kappa shape index (κ3) is 5.20. The Labute approximate surface area is 224 Å². The molecule has 3 heterocycles. The largest absolute Gasteiger partial charge is 0.416 e. The number of carbonyl (C=O) groups excluding carboxylic acids is 1. The van der Waals surface area contributed by atoms with Gasteiger partial charge in [-0.15, -0.1) is 0 Å². The average molecular weight is 560 g/mol. The molecule has 40 heavy (non-hydrogen) atoms. The number of halogens is 6. The number of alkyl halides is 6. The molecule has 0 radical (unpaired) electrons. The molecule has 0 fully saturated rings. The number of aromatic nitrogens is 2. The molecule has 4 aromatic rings. The summed E-state index contributed by atoms with van der Waals surface area (Å²) < 4.78 is 82.4. The second-order valence-corrected chi connectivity index (χ2v) is 9.94. The van der Waals surface area contributed by atoms with Gasteiger partial charge in [0.25, 0.3) is 11.5 Å². The van der Waals surface area contributed by atoms with Crippen molar-refractivity contribution in [2.24, 2.45) is 5.92 Å². The van der Waals surface area contributed by atoms with Crippen LogP contribution in [0.5, 0.6) is 0 Å². The Balaban J connectivity index is 1.71. The van der Waals surface area contributed by atoms with E-state index in [1.807, 2.05) is 0 Å². The van der Waals surface area contributed by atoms with Crippen molar-refractivity contribution >= 4 is 16.8 Å². The molecule has 2 aromatic heterocycles. The third-order valence-electron chi connectivity index (χ3n) is 6.98. The maximum atomic E-state index is 14.2. The molecule has 0 unspecified atom stereocenters. The Morgan fingerprint density at radius 3 is 2.17 bits per heavy atom. The topological polar surface area (TPSA) is 55.2 Å². The highest BCUT2D eigenvalue weighted by molar-refractivity contribution is 6.07. The van der Waals surface area contributed by atoms with E-state index < -0.39 is 41.5 Å². The fourth-order valence-electron chi connectivity index (χ4n) is 5.12. The smallest absolute Gasteiger partial charge is 0.333 e. The van der Waals surface area contributed by atoms with Gasteiger partial charge in [-0.1, -0.05) is 43.3 Å². The summed E-state index contributed by atoms with van der Waals surface area (Å²) in [5, 5.41) is 0.422. The van der Waals surface area contributed by atoms with Crippen molar-refractivity contribution in [1.82, 2.24) is 14.5 Å². The lowest BCUT2D eigenvalue weighted by atomic mass is 9.95. The third-order valence-corrected chi connectivity index (χ3v) is 6.98. The quantitative estimate of drug-likeness (QED) is 0.260. The molecule has 0 N–H and O–H groups in total. The van der Waals surface area contributed by atoms with Crippen molar-refractivity contribution in [2.75, 3.05) is 6.54 Å². The van der Waals surface area contributed by atoms with Crippen LogP contribution in [0, 0.1) is 5.92 Å². The summed E-state index contributed by atoms with van der Waals surface area (Å²) >= 11 is 0. The van der Waals surface area contributed by atoms with E-state index in [0.29, 0.717) is 35.1 Å². The van der Waals surface area contributed by atoms with Gasteiger partial charge < -0.3 is 9.47 Å². The number of pyridine rings is 2. The molecule has 1 aliphatic rings. The Kier molecular flexibility index (Phi) is 6.93. The van der Waals surface area contributed by atoms with Gasteiger partial charge in [0.2, 0.25) is 0 Å². The van der Waals surface area contributed by atoms with E-state index in [-0.39, 0.29) is 41.8 Å². The lowest BCUT2D eigenvalue weighted by Crippen LogP contribution is -2.41. The monoisotopic (exact) mass is 559 g/mol. The summed E-state index contributed by atoms with van der Waals surface area (Å²) in [6.07, 6.45) is -8.12. The standard InChI is InChI=1S/C29H23F6N3O2/c1-17-9-11-38-25(23(19-6-3-2-4-7-19)22-8-5-10-36-24(22)26(38)39)27(40)37(15-17)16-18-12-20(28(30,31)32)14-21(13-18)29(33,34)35/h2-8,10,12-14,17H,9,11,15-16H2,1H3/t17-/m0/s1. The van der Waals surface area contributed by atoms with Gasteiger partial charge in [-0.05, 0) is 47.7 Å². The van der Waals surface area contributed by atoms with E-state index in [1.165, 1.54) is 15.7 Å². The van der Waals surface area contributed by atoms with Gasteiger partial charge in [-0.3, -0.25) is 14.6 Å². The summed E-state index contributed by atoms with van der Waals surface area (Å²) in [5.74, 6) is -0.865. The first-order valence-electron chi connectivity index (χ1n) is 12.5. The number of nitrogens with zero attached hydrogens (tertiary/aromatic N) is 3. The zero-order chi connectivity index (χ0) is 28.8. The predicted molar refractivity (Wildman–Crippen MR) is 136 cm³/mol. The van der Waals surface area contributed by atoms with Crippen molar-refractivity contribution in [3.05, 3.63) is 99.6 Å². The molecule has 0 bridgehead atoms. The summed E-state index contributed by atoms with van der Waals surface area (Å²) in [7, 11) is 0. The van der Waals surface area contributed by atoms with Crippen LogP contribution < -0.4 is 5.56 Å². The van der Waals surface area contributed by atoms with Crippen LogP contribution in [0.15, 0.2) is 71.7 Å². The Bertz CT molecular complexity index is 1610. The minimum atomic E-state index is -5.02. The van der Waals surface area contributed by atoms with E-state index in [2.05, 4.69) is 4.98 Å². The van der Waals surface area contributed by atoms with Crippen LogP contribution in [0.1, 0.15) is 40.5 Å². The Morgan fingerprint density at radius 1 is 0.900 bits per heavy atom. The van der Waals surface area contributed by atoms with Gasteiger partial charge in [-0.25, -0.2) is 0 Å². The van der Waals surface area contributed by atoms with Crippen LogP contribution in [0.3, 0.4) is 0 Å². The molecule has 1 amide bonds. The van der Waals surface area contributed by atoms with Gasteiger partial charge in [0.1, 0.15) is 11.2 Å². The highest BCUT2D eigenvalue weighted by Crippen LogP contribution is 2.37. The number of carbonyl (C=O) groups is 1. The fraction of sp³-hybridized carbons (Fsp3) is 0.276. The summed E-state index contributed by atoms with van der Waals surface area (Å²) in [6, 6.07) is 13.4. The van der Waals surface area contributed by atoms with E-state index in [4.69, 9.17) is 0 Å². The molecule has 1 atom stereocenters. The highest BCUT2D eigenvalue weighted by atomic mass is 19.4. The number of rotatable bonds is 3. The van der Waals surface area contributed by atoms with E-state index in [9.17, 15) is 35.9 Å². The van der Waals surface area contributed by atoms with Crippen molar-refractivity contribution in [1.29, 1.82) is 0 Å². The second-order valence-electron chi connectivity index (χ2n) is 9.94. The first-order valence-corrected chi connectivity index (χ1v) is 12.5. The number of amides is 1. The molecule has 11 heteroatoms. The van der Waals surface area contributed by atoms with Crippen LogP contribution in [-0.4, -0.2) is 26.9 Å². The highest BCUT2D eigenvalue weighted by Gasteiger charge is 2.38. The number of benzene rings is 2. The number of hydrogen-bond donors (Lipinski definition) is 0. The van der Waals surface area contributed by atoms with Crippen LogP contribution in [0.2, 0.25) is 0 Å². The van der Waals surface area contributed by atoms with Crippen molar-refractivity contribution in [2.45, 2.75) is 38.8 Å². The second kappa shape index (κ2) is 10.1. The van der Waals surface area contributed by atoms with Crippen LogP contribution in [0.25, 0.3) is 22.0 Å². The minimum Gasteiger partial charge on any atom is -0.333 e. The molecule has 5 nitrogen and oxygen atoms in total. The lowest BCUT2D eigenvalue weighted by molar-refractivity contribution is -0.143. The van der Waals surface area contributed by atoms with Crippen molar-refractivity contribution in [3.8, 4) is 11.1 Å². The summed E-state index contributed by atoms with van der Waals surface area (Å²) in [6.45, 7) is 1.57.